The summed E-state index contributed by atoms with van der Waals surface area (Å²) in [6.45, 7) is 0. The van der Waals surface area contributed by atoms with Gasteiger partial charge in [-0.05, 0) is 12.1 Å². The zero-order chi connectivity index (χ0) is 12.0. The molecule has 86 valence electrons. The van der Waals surface area contributed by atoms with Crippen LogP contribution in [0.1, 0.15) is 0 Å². The number of aromatic nitrogens is 1. The number of ether oxygens (including phenoxy) is 1. The lowest BCUT2D eigenvalue weighted by Crippen LogP contribution is -2.31. The molecule has 0 unspecified atom stereocenters. The van der Waals surface area contributed by atoms with Crippen molar-refractivity contribution in [2.45, 2.75) is 5.03 Å². The Morgan fingerprint density at radius 3 is 2.88 bits per heavy atom. The van der Waals surface area contributed by atoms with Crippen LogP contribution in [0.5, 0.6) is 0 Å². The van der Waals surface area contributed by atoms with E-state index in [0.29, 0.717) is 10.7 Å². The highest BCUT2D eigenvalue weighted by molar-refractivity contribution is 7.99. The van der Waals surface area contributed by atoms with Gasteiger partial charge < -0.3 is 10.5 Å². The van der Waals surface area contributed by atoms with Crippen molar-refractivity contribution < 1.29 is 14.3 Å². The summed E-state index contributed by atoms with van der Waals surface area (Å²) in [4.78, 5) is 25.8. The molecule has 0 saturated heterocycles. The Morgan fingerprint density at radius 1 is 1.56 bits per heavy atom. The molecule has 1 aromatic heterocycles. The summed E-state index contributed by atoms with van der Waals surface area (Å²) >= 11 is 1.20. The standard InChI is InChI=1S/C9H11N3O3S/c1-15-9(14)12-7(13)5-16-8-3-2-6(10)4-11-8/h2-4H,5,10H2,1H3,(H,12,13,14). The second kappa shape index (κ2) is 5.96. The van der Waals surface area contributed by atoms with Crippen LogP contribution in [0.3, 0.4) is 0 Å². The first-order valence-electron chi connectivity index (χ1n) is 4.34. The number of pyridine rings is 1. The molecular formula is C9H11N3O3S. The molecule has 2 amide bonds. The van der Waals surface area contributed by atoms with E-state index in [-0.39, 0.29) is 5.75 Å². The summed E-state index contributed by atoms with van der Waals surface area (Å²) in [7, 11) is 1.19. The molecule has 1 aromatic rings. The van der Waals surface area contributed by atoms with Gasteiger partial charge in [0.1, 0.15) is 0 Å². The molecule has 0 radical (unpaired) electrons. The van der Waals surface area contributed by atoms with Crippen molar-refractivity contribution in [3.05, 3.63) is 18.3 Å². The number of anilines is 1. The van der Waals surface area contributed by atoms with Gasteiger partial charge in [0.15, 0.2) is 0 Å². The molecule has 0 saturated carbocycles. The number of alkyl carbamates (subject to hydrolysis) is 1. The number of methoxy groups -OCH3 is 1. The van der Waals surface area contributed by atoms with Gasteiger partial charge in [-0.15, -0.1) is 0 Å². The van der Waals surface area contributed by atoms with Crippen LogP contribution < -0.4 is 11.1 Å². The van der Waals surface area contributed by atoms with E-state index < -0.39 is 12.0 Å². The van der Waals surface area contributed by atoms with Crippen molar-refractivity contribution in [2.24, 2.45) is 0 Å². The Balaban J connectivity index is 2.37. The number of nitrogens with one attached hydrogen (secondary N) is 1. The minimum Gasteiger partial charge on any atom is -0.453 e. The van der Waals surface area contributed by atoms with E-state index in [1.165, 1.54) is 25.1 Å². The zero-order valence-electron chi connectivity index (χ0n) is 8.60. The van der Waals surface area contributed by atoms with Crippen LogP contribution in [-0.4, -0.2) is 29.8 Å². The minimum absolute atomic E-state index is 0.0893. The first kappa shape index (κ1) is 12.3. The smallest absolute Gasteiger partial charge is 0.413 e. The molecule has 6 nitrogen and oxygen atoms in total. The second-order valence-electron chi connectivity index (χ2n) is 2.76. The van der Waals surface area contributed by atoms with E-state index in [2.05, 4.69) is 9.72 Å². The maximum atomic E-state index is 11.2. The topological polar surface area (TPSA) is 94.3 Å². The van der Waals surface area contributed by atoms with Crippen molar-refractivity contribution in [2.75, 3.05) is 18.6 Å². The normalized spacial score (nSPS) is 9.56. The number of nitrogens with zero attached hydrogens (tertiary/aromatic N) is 1. The van der Waals surface area contributed by atoms with E-state index in [0.717, 1.165) is 0 Å². The molecule has 1 rings (SSSR count). The summed E-state index contributed by atoms with van der Waals surface area (Å²) in [5.41, 5.74) is 6.01. The Labute approximate surface area is 96.6 Å². The van der Waals surface area contributed by atoms with Gasteiger partial charge in [-0.1, -0.05) is 11.8 Å². The Bertz CT molecular complexity index is 380. The minimum atomic E-state index is -0.768. The van der Waals surface area contributed by atoms with Gasteiger partial charge in [0.25, 0.3) is 0 Å². The monoisotopic (exact) mass is 241 g/mol. The summed E-state index contributed by atoms with van der Waals surface area (Å²) in [6.07, 6.45) is 0.733. The highest BCUT2D eigenvalue weighted by Crippen LogP contribution is 2.15. The zero-order valence-corrected chi connectivity index (χ0v) is 9.41. The fourth-order valence-corrected chi connectivity index (χ4v) is 1.46. The van der Waals surface area contributed by atoms with Gasteiger partial charge in [0.2, 0.25) is 5.91 Å². The molecule has 0 fully saturated rings. The number of carbonyl (C=O) groups excluding carboxylic acids is 2. The first-order chi connectivity index (χ1) is 7.61. The lowest BCUT2D eigenvalue weighted by molar-refractivity contribution is -0.117. The lowest BCUT2D eigenvalue weighted by Gasteiger charge is -2.02. The number of hydrogen-bond donors (Lipinski definition) is 2. The Kier molecular flexibility index (Phi) is 4.59. The van der Waals surface area contributed by atoms with Crippen LogP contribution in [0.15, 0.2) is 23.4 Å². The third-order valence-corrected chi connectivity index (χ3v) is 2.48. The number of nitrogens with two attached hydrogens (primary N) is 1. The van der Waals surface area contributed by atoms with Crippen molar-refractivity contribution in [1.29, 1.82) is 0 Å². The quantitative estimate of drug-likeness (QED) is 0.754. The Hall–Kier alpha value is -1.76. The molecule has 0 atom stereocenters. The van der Waals surface area contributed by atoms with E-state index >= 15 is 0 Å². The van der Waals surface area contributed by atoms with Gasteiger partial charge >= 0.3 is 6.09 Å². The van der Waals surface area contributed by atoms with Gasteiger partial charge in [0.05, 0.1) is 29.8 Å². The average molecular weight is 241 g/mol. The molecule has 0 bridgehead atoms. The highest BCUT2D eigenvalue weighted by atomic mass is 32.2. The van der Waals surface area contributed by atoms with Crippen molar-refractivity contribution in [3.8, 4) is 0 Å². The molecule has 7 heteroatoms. The maximum absolute atomic E-state index is 11.2. The Morgan fingerprint density at radius 2 is 2.31 bits per heavy atom. The number of rotatable bonds is 3. The highest BCUT2D eigenvalue weighted by Gasteiger charge is 2.07. The molecule has 0 spiro atoms. The van der Waals surface area contributed by atoms with Crippen molar-refractivity contribution in [1.82, 2.24) is 10.3 Å². The fourth-order valence-electron chi connectivity index (χ4n) is 0.818. The van der Waals surface area contributed by atoms with Crippen LogP contribution >= 0.6 is 11.8 Å². The summed E-state index contributed by atoms with van der Waals surface area (Å²) in [6, 6.07) is 3.39. The lowest BCUT2D eigenvalue weighted by atomic mass is 10.4. The van der Waals surface area contributed by atoms with Crippen LogP contribution in [0, 0.1) is 0 Å². The third kappa shape index (κ3) is 4.18. The predicted molar refractivity (Wildman–Crippen MR) is 59.9 cm³/mol. The summed E-state index contributed by atoms with van der Waals surface area (Å²) in [5.74, 6) is -0.345. The van der Waals surface area contributed by atoms with Gasteiger partial charge in [-0.25, -0.2) is 9.78 Å². The van der Waals surface area contributed by atoms with E-state index in [4.69, 9.17) is 5.73 Å². The summed E-state index contributed by atoms with van der Waals surface area (Å²) in [5, 5.41) is 2.70. The molecule has 0 aliphatic rings. The number of carbonyl (C=O) groups is 2. The summed E-state index contributed by atoms with van der Waals surface area (Å²) < 4.78 is 4.28. The van der Waals surface area contributed by atoms with Crippen LogP contribution in [-0.2, 0) is 9.53 Å². The number of hydrogen-bond acceptors (Lipinski definition) is 6. The molecule has 0 aliphatic carbocycles. The molecule has 1 heterocycles. The van der Waals surface area contributed by atoms with Crippen molar-refractivity contribution >= 4 is 29.4 Å². The molecule has 0 aromatic carbocycles. The number of imide groups is 1. The predicted octanol–water partition coefficient (Wildman–Crippen LogP) is 0.639. The van der Waals surface area contributed by atoms with E-state index in [9.17, 15) is 9.59 Å². The first-order valence-corrected chi connectivity index (χ1v) is 5.32. The molecule has 3 N–H and O–H groups in total. The van der Waals surface area contributed by atoms with Crippen LogP contribution in [0.2, 0.25) is 0 Å². The van der Waals surface area contributed by atoms with Gasteiger partial charge in [-0.2, -0.15) is 0 Å². The number of amides is 2. The largest absolute Gasteiger partial charge is 0.453 e. The third-order valence-electron chi connectivity index (χ3n) is 1.54. The van der Waals surface area contributed by atoms with Crippen molar-refractivity contribution in [3.63, 3.8) is 0 Å². The molecule has 0 aliphatic heterocycles. The molecular weight excluding hydrogens is 230 g/mol. The van der Waals surface area contributed by atoms with E-state index in [1.807, 2.05) is 5.32 Å². The molecule has 16 heavy (non-hydrogen) atoms. The van der Waals surface area contributed by atoms with Crippen LogP contribution in [0.25, 0.3) is 0 Å². The maximum Gasteiger partial charge on any atom is 0.413 e. The average Bonchev–Trinajstić information content (AvgIpc) is 2.28. The fraction of sp³-hybridized carbons (Fsp3) is 0.222. The van der Waals surface area contributed by atoms with Gasteiger partial charge in [0, 0.05) is 0 Å². The SMILES string of the molecule is COC(=O)NC(=O)CSc1ccc(N)cn1. The van der Waals surface area contributed by atoms with Crippen LogP contribution in [0.4, 0.5) is 10.5 Å². The van der Waals surface area contributed by atoms with E-state index in [1.54, 1.807) is 12.1 Å². The second-order valence-corrected chi connectivity index (χ2v) is 3.75. The number of nitrogen functional groups attached to an aromatic ring is 1. The number of thioether (sulfide) groups is 1. The van der Waals surface area contributed by atoms with Gasteiger partial charge in [-0.3, -0.25) is 10.1 Å².